The minimum atomic E-state index is -2.65. The van der Waals surface area contributed by atoms with Gasteiger partial charge in [-0.15, -0.1) is 0 Å². The third-order valence-electron chi connectivity index (χ3n) is 5.17. The summed E-state index contributed by atoms with van der Waals surface area (Å²) in [5.74, 6) is -0.434. The maximum absolute atomic E-state index is 12.2. The number of nitrogens with one attached hydrogen (secondary N) is 3. The Kier molecular flexibility index (Phi) is 8.22. The number of rotatable bonds is 10. The number of phenolic OH excluding ortho intramolecular Hbond substituents is 1. The topological polar surface area (TPSA) is 152 Å². The van der Waals surface area contributed by atoms with Gasteiger partial charge in [-0.05, 0) is 19.3 Å². The molecule has 3 rings (SSSR count). The van der Waals surface area contributed by atoms with E-state index < -0.39 is 37.7 Å². The molecule has 0 radical (unpaired) electrons. The number of aromatic amines is 1. The zero-order valence-corrected chi connectivity index (χ0v) is 18.2. The molecular weight excluding hydrogens is 458 g/mol. The standard InChI is InChI=1S/C21H24F2N4O7/c1-32-13-5-16(29)14(9-28)17(6-13)33-10-20(30)25-19-7-15(26-27-19)11-2-3-12(4-11)34-21(31)24-8-18(22)23/h5-7,9,11-12,18,29H,2-4,8,10H2,1H3,(H,24,31)(H2,25,26,27,30)/t11-,12+/m0/s1. The lowest BCUT2D eigenvalue weighted by Crippen LogP contribution is -2.31. The number of anilines is 1. The Morgan fingerprint density at radius 3 is 2.82 bits per heavy atom. The van der Waals surface area contributed by atoms with Gasteiger partial charge < -0.3 is 30.0 Å². The number of carbonyl (C=O) groups excluding carboxylic acids is 3. The largest absolute Gasteiger partial charge is 0.507 e. The van der Waals surface area contributed by atoms with Crippen LogP contribution >= 0.6 is 0 Å². The molecule has 4 N–H and O–H groups in total. The molecular formula is C21H24F2N4O7. The maximum Gasteiger partial charge on any atom is 0.407 e. The highest BCUT2D eigenvalue weighted by molar-refractivity contribution is 5.91. The van der Waals surface area contributed by atoms with Crippen molar-refractivity contribution in [1.29, 1.82) is 0 Å². The smallest absolute Gasteiger partial charge is 0.407 e. The van der Waals surface area contributed by atoms with Gasteiger partial charge in [-0.2, -0.15) is 5.10 Å². The number of amides is 2. The monoisotopic (exact) mass is 482 g/mol. The first-order chi connectivity index (χ1) is 16.3. The zero-order valence-electron chi connectivity index (χ0n) is 18.2. The van der Waals surface area contributed by atoms with Crippen molar-refractivity contribution in [2.45, 2.75) is 37.7 Å². The van der Waals surface area contributed by atoms with E-state index in [9.17, 15) is 28.3 Å². The maximum atomic E-state index is 12.2. The van der Waals surface area contributed by atoms with Crippen molar-refractivity contribution in [3.05, 3.63) is 29.5 Å². The highest BCUT2D eigenvalue weighted by Crippen LogP contribution is 2.36. The number of nitrogens with zero attached hydrogens (tertiary/aromatic N) is 1. The first-order valence-corrected chi connectivity index (χ1v) is 10.4. The van der Waals surface area contributed by atoms with Gasteiger partial charge in [0.25, 0.3) is 12.3 Å². The Balaban J connectivity index is 1.50. The lowest BCUT2D eigenvalue weighted by molar-refractivity contribution is -0.118. The summed E-state index contributed by atoms with van der Waals surface area (Å²) >= 11 is 0. The van der Waals surface area contributed by atoms with Crippen LogP contribution in [0.15, 0.2) is 18.2 Å². The molecule has 2 atom stereocenters. The molecule has 34 heavy (non-hydrogen) atoms. The van der Waals surface area contributed by atoms with Gasteiger partial charge in [0.2, 0.25) is 0 Å². The third-order valence-corrected chi connectivity index (χ3v) is 5.17. The number of alkyl halides is 2. The number of hydrogen-bond donors (Lipinski definition) is 4. The van der Waals surface area contributed by atoms with Crippen molar-refractivity contribution < 1.29 is 42.5 Å². The number of aldehydes is 1. The first-order valence-electron chi connectivity index (χ1n) is 10.4. The number of aromatic nitrogens is 2. The van der Waals surface area contributed by atoms with Gasteiger partial charge in [-0.1, -0.05) is 0 Å². The molecule has 1 aromatic carbocycles. The minimum Gasteiger partial charge on any atom is -0.507 e. The fourth-order valence-corrected chi connectivity index (χ4v) is 3.56. The summed E-state index contributed by atoms with van der Waals surface area (Å²) in [6.07, 6.45) is -1.82. The lowest BCUT2D eigenvalue weighted by atomic mass is 10.0. The molecule has 1 heterocycles. The van der Waals surface area contributed by atoms with Gasteiger partial charge in [-0.3, -0.25) is 14.7 Å². The quantitative estimate of drug-likeness (QED) is 0.377. The summed E-state index contributed by atoms with van der Waals surface area (Å²) in [6.45, 7) is -1.22. The predicted octanol–water partition coefficient (Wildman–Crippen LogP) is 2.58. The number of benzene rings is 1. The van der Waals surface area contributed by atoms with Crippen LogP contribution in [0.1, 0.15) is 41.2 Å². The summed E-state index contributed by atoms with van der Waals surface area (Å²) < 4.78 is 39.8. The number of carbonyl (C=O) groups is 3. The van der Waals surface area contributed by atoms with Crippen molar-refractivity contribution in [2.75, 3.05) is 25.6 Å². The van der Waals surface area contributed by atoms with Crippen LogP contribution in [0.5, 0.6) is 17.2 Å². The molecule has 13 heteroatoms. The second-order valence-electron chi connectivity index (χ2n) is 7.53. The first kappa shape index (κ1) is 24.7. The Morgan fingerprint density at radius 2 is 2.12 bits per heavy atom. The van der Waals surface area contributed by atoms with Crippen LogP contribution in [0.2, 0.25) is 0 Å². The van der Waals surface area contributed by atoms with E-state index >= 15 is 0 Å². The van der Waals surface area contributed by atoms with Crippen LogP contribution in [0.4, 0.5) is 19.4 Å². The van der Waals surface area contributed by atoms with Crippen molar-refractivity contribution in [3.63, 3.8) is 0 Å². The van der Waals surface area contributed by atoms with Crippen molar-refractivity contribution in [3.8, 4) is 17.2 Å². The fourth-order valence-electron chi connectivity index (χ4n) is 3.56. The Morgan fingerprint density at radius 1 is 1.32 bits per heavy atom. The van der Waals surface area contributed by atoms with E-state index in [2.05, 4.69) is 15.5 Å². The van der Waals surface area contributed by atoms with Crippen molar-refractivity contribution in [1.82, 2.24) is 15.5 Å². The SMILES string of the molecule is COc1cc(O)c(C=O)c(OCC(=O)Nc2cc([C@H]3CC[C@@H](OC(=O)NCC(F)F)C3)[nH]n2)c1. The summed E-state index contributed by atoms with van der Waals surface area (Å²) in [7, 11) is 1.38. The minimum absolute atomic E-state index is 0.0145. The number of hydrogen-bond acceptors (Lipinski definition) is 8. The normalized spacial score (nSPS) is 17.3. The summed E-state index contributed by atoms with van der Waals surface area (Å²) in [5.41, 5.74) is 0.604. The van der Waals surface area contributed by atoms with E-state index in [0.29, 0.717) is 25.5 Å². The molecule has 0 saturated heterocycles. The Bertz CT molecular complexity index is 1030. The fraction of sp³-hybridized carbons (Fsp3) is 0.429. The van der Waals surface area contributed by atoms with E-state index in [1.807, 2.05) is 5.32 Å². The molecule has 0 spiro atoms. The van der Waals surface area contributed by atoms with Gasteiger partial charge in [-0.25, -0.2) is 13.6 Å². The van der Waals surface area contributed by atoms with Gasteiger partial charge >= 0.3 is 6.09 Å². The molecule has 1 aliphatic rings. The number of alkyl carbamates (subject to hydrolysis) is 1. The van der Waals surface area contributed by atoms with Crippen LogP contribution in [0, 0.1) is 0 Å². The molecule has 1 aliphatic carbocycles. The molecule has 1 saturated carbocycles. The molecule has 0 unspecified atom stereocenters. The van der Waals surface area contributed by atoms with Gasteiger partial charge in [0.15, 0.2) is 18.7 Å². The third kappa shape index (κ3) is 6.56. The van der Waals surface area contributed by atoms with E-state index in [0.717, 1.165) is 5.69 Å². The zero-order chi connectivity index (χ0) is 24.7. The number of methoxy groups -OCH3 is 1. The Labute approximate surface area is 192 Å². The summed E-state index contributed by atoms with van der Waals surface area (Å²) in [6, 6.07) is 4.25. The van der Waals surface area contributed by atoms with Crippen molar-refractivity contribution >= 4 is 24.1 Å². The average Bonchev–Trinajstić information content (AvgIpc) is 3.45. The second kappa shape index (κ2) is 11.3. The van der Waals surface area contributed by atoms with Gasteiger partial charge in [0.1, 0.15) is 23.4 Å². The predicted molar refractivity (Wildman–Crippen MR) is 114 cm³/mol. The average molecular weight is 482 g/mol. The number of halogens is 2. The van der Waals surface area contributed by atoms with E-state index in [4.69, 9.17) is 14.2 Å². The molecule has 11 nitrogen and oxygen atoms in total. The molecule has 0 aliphatic heterocycles. The van der Waals surface area contributed by atoms with Crippen LogP contribution < -0.4 is 20.1 Å². The van der Waals surface area contributed by atoms with Crippen molar-refractivity contribution in [2.24, 2.45) is 0 Å². The molecule has 184 valence electrons. The number of ether oxygens (including phenoxy) is 3. The molecule has 1 aromatic heterocycles. The number of H-pyrrole nitrogens is 1. The Hall–Kier alpha value is -3.90. The van der Waals surface area contributed by atoms with E-state index in [-0.39, 0.29) is 34.5 Å². The van der Waals surface area contributed by atoms with Gasteiger partial charge in [0, 0.05) is 29.8 Å². The number of aromatic hydroxyl groups is 1. The summed E-state index contributed by atoms with van der Waals surface area (Å²) in [5, 5.41) is 21.3. The molecule has 2 amide bonds. The number of phenols is 1. The van der Waals surface area contributed by atoms with Crippen LogP contribution in [-0.4, -0.2) is 66.4 Å². The molecule has 1 fully saturated rings. The molecule has 2 aromatic rings. The van der Waals surface area contributed by atoms with Crippen LogP contribution in [-0.2, 0) is 9.53 Å². The van der Waals surface area contributed by atoms with Gasteiger partial charge in [0.05, 0.1) is 19.2 Å². The van der Waals surface area contributed by atoms with Crippen LogP contribution in [0.3, 0.4) is 0 Å². The highest BCUT2D eigenvalue weighted by Gasteiger charge is 2.30. The molecule has 0 bridgehead atoms. The van der Waals surface area contributed by atoms with Crippen LogP contribution in [0.25, 0.3) is 0 Å². The van der Waals surface area contributed by atoms with E-state index in [1.54, 1.807) is 6.07 Å². The van der Waals surface area contributed by atoms with E-state index in [1.165, 1.54) is 19.2 Å². The second-order valence-corrected chi connectivity index (χ2v) is 7.53. The summed E-state index contributed by atoms with van der Waals surface area (Å²) in [4.78, 5) is 35.0. The highest BCUT2D eigenvalue weighted by atomic mass is 19.3. The lowest BCUT2D eigenvalue weighted by Gasteiger charge is -2.13.